The summed E-state index contributed by atoms with van der Waals surface area (Å²) < 4.78 is 4.89. The number of anilines is 2. The summed E-state index contributed by atoms with van der Waals surface area (Å²) in [5.74, 6) is -0.249. The van der Waals surface area contributed by atoms with E-state index in [0.29, 0.717) is 30.9 Å². The molecule has 1 aliphatic heterocycles. The fraction of sp³-hybridized carbons (Fsp3) is 0.429. The average molecular weight is 277 g/mol. The molecule has 1 atom stereocenters. The molecular formula is C14H19N3O3. The van der Waals surface area contributed by atoms with Crippen LogP contribution in [0.1, 0.15) is 20.3 Å². The average Bonchev–Trinajstić information content (AvgIpc) is 2.85. The summed E-state index contributed by atoms with van der Waals surface area (Å²) in [6, 6.07) is 7.06. The molecule has 1 heterocycles. The van der Waals surface area contributed by atoms with Gasteiger partial charge in [0.05, 0.1) is 12.1 Å². The molecule has 2 amide bonds. The molecule has 6 nitrogen and oxygen atoms in total. The standard InChI is InChI=1S/C14H19N3O3/c1-3-14(2,15)12(18)16-10-5-4-6-11(9-10)17-7-8-20-13(17)19/h4-6,9H,3,7-8,15H2,1-2H3,(H,16,18). The second kappa shape index (κ2) is 5.50. The Hall–Kier alpha value is -2.08. The first-order valence-corrected chi connectivity index (χ1v) is 6.59. The lowest BCUT2D eigenvalue weighted by Crippen LogP contribution is -2.47. The molecular weight excluding hydrogens is 258 g/mol. The Morgan fingerprint density at radius 1 is 1.55 bits per heavy atom. The van der Waals surface area contributed by atoms with Gasteiger partial charge in [0, 0.05) is 11.4 Å². The molecule has 1 fully saturated rings. The Morgan fingerprint density at radius 3 is 2.90 bits per heavy atom. The van der Waals surface area contributed by atoms with Crippen molar-refractivity contribution in [2.24, 2.45) is 5.73 Å². The number of nitrogens with one attached hydrogen (secondary N) is 1. The number of hydrogen-bond acceptors (Lipinski definition) is 4. The van der Waals surface area contributed by atoms with Crippen LogP contribution in [0.3, 0.4) is 0 Å². The molecule has 0 bridgehead atoms. The van der Waals surface area contributed by atoms with Crippen LogP contribution in [0.5, 0.6) is 0 Å². The van der Waals surface area contributed by atoms with E-state index < -0.39 is 5.54 Å². The number of carbonyl (C=O) groups is 2. The minimum atomic E-state index is -0.914. The Bertz CT molecular complexity index is 528. The third kappa shape index (κ3) is 2.91. The van der Waals surface area contributed by atoms with Crippen molar-refractivity contribution >= 4 is 23.4 Å². The molecule has 2 rings (SSSR count). The van der Waals surface area contributed by atoms with Gasteiger partial charge >= 0.3 is 6.09 Å². The fourth-order valence-corrected chi connectivity index (χ4v) is 1.81. The van der Waals surface area contributed by atoms with E-state index in [1.54, 1.807) is 31.2 Å². The molecule has 0 spiro atoms. The van der Waals surface area contributed by atoms with Crippen LogP contribution in [-0.4, -0.2) is 30.7 Å². The number of nitrogens with two attached hydrogens (primary N) is 1. The smallest absolute Gasteiger partial charge is 0.414 e. The second-order valence-electron chi connectivity index (χ2n) is 5.04. The minimum Gasteiger partial charge on any atom is -0.447 e. The highest BCUT2D eigenvalue weighted by Crippen LogP contribution is 2.23. The third-order valence-corrected chi connectivity index (χ3v) is 3.43. The molecule has 108 valence electrons. The number of rotatable bonds is 4. The van der Waals surface area contributed by atoms with Crippen LogP contribution in [0.15, 0.2) is 24.3 Å². The van der Waals surface area contributed by atoms with Crippen LogP contribution in [0.25, 0.3) is 0 Å². The number of benzene rings is 1. The molecule has 0 saturated carbocycles. The molecule has 3 N–H and O–H groups in total. The molecule has 1 aromatic rings. The normalized spacial score (nSPS) is 17.6. The summed E-state index contributed by atoms with van der Waals surface area (Å²) in [5, 5.41) is 2.77. The number of ether oxygens (including phenoxy) is 1. The highest BCUT2D eigenvalue weighted by Gasteiger charge is 2.27. The maximum absolute atomic E-state index is 12.0. The lowest BCUT2D eigenvalue weighted by atomic mass is 9.99. The van der Waals surface area contributed by atoms with E-state index in [-0.39, 0.29) is 12.0 Å². The molecule has 0 aliphatic carbocycles. The first kappa shape index (κ1) is 14.3. The Balaban J connectivity index is 2.14. The van der Waals surface area contributed by atoms with Gasteiger partial charge in [-0.05, 0) is 31.5 Å². The van der Waals surface area contributed by atoms with Crippen molar-refractivity contribution in [2.45, 2.75) is 25.8 Å². The van der Waals surface area contributed by atoms with Crippen molar-refractivity contribution in [3.05, 3.63) is 24.3 Å². The highest BCUT2D eigenvalue weighted by molar-refractivity contribution is 5.98. The summed E-state index contributed by atoms with van der Waals surface area (Å²) in [6.07, 6.45) is 0.169. The van der Waals surface area contributed by atoms with Crippen molar-refractivity contribution in [2.75, 3.05) is 23.4 Å². The molecule has 1 aliphatic rings. The van der Waals surface area contributed by atoms with Gasteiger partial charge in [-0.25, -0.2) is 4.79 Å². The van der Waals surface area contributed by atoms with Gasteiger partial charge in [-0.2, -0.15) is 0 Å². The molecule has 1 unspecified atom stereocenters. The summed E-state index contributed by atoms with van der Waals surface area (Å²) >= 11 is 0. The van der Waals surface area contributed by atoms with E-state index in [9.17, 15) is 9.59 Å². The van der Waals surface area contributed by atoms with Crippen LogP contribution in [0.4, 0.5) is 16.2 Å². The molecule has 1 saturated heterocycles. The zero-order chi connectivity index (χ0) is 14.8. The zero-order valence-corrected chi connectivity index (χ0v) is 11.7. The molecule has 1 aromatic carbocycles. The number of cyclic esters (lactones) is 1. The van der Waals surface area contributed by atoms with Crippen molar-refractivity contribution in [3.8, 4) is 0 Å². The van der Waals surface area contributed by atoms with Gasteiger partial charge in [-0.3, -0.25) is 9.69 Å². The van der Waals surface area contributed by atoms with E-state index >= 15 is 0 Å². The monoisotopic (exact) mass is 277 g/mol. The quantitative estimate of drug-likeness (QED) is 0.877. The Kier molecular flexibility index (Phi) is 3.94. The lowest BCUT2D eigenvalue weighted by Gasteiger charge is -2.22. The van der Waals surface area contributed by atoms with Gasteiger partial charge < -0.3 is 15.8 Å². The first-order valence-electron chi connectivity index (χ1n) is 6.59. The lowest BCUT2D eigenvalue weighted by molar-refractivity contribution is -0.120. The van der Waals surface area contributed by atoms with Crippen LogP contribution < -0.4 is 16.0 Å². The molecule has 0 radical (unpaired) electrons. The number of nitrogens with zero attached hydrogens (tertiary/aromatic N) is 1. The van der Waals surface area contributed by atoms with Gasteiger partial charge in [-0.15, -0.1) is 0 Å². The van der Waals surface area contributed by atoms with Crippen molar-refractivity contribution < 1.29 is 14.3 Å². The summed E-state index contributed by atoms with van der Waals surface area (Å²) in [4.78, 5) is 25.1. The summed E-state index contributed by atoms with van der Waals surface area (Å²) in [7, 11) is 0. The third-order valence-electron chi connectivity index (χ3n) is 3.43. The molecule has 0 aromatic heterocycles. The van der Waals surface area contributed by atoms with E-state index in [1.807, 2.05) is 6.92 Å². The Labute approximate surface area is 117 Å². The van der Waals surface area contributed by atoms with Gasteiger partial charge in [0.15, 0.2) is 0 Å². The van der Waals surface area contributed by atoms with Crippen molar-refractivity contribution in [1.29, 1.82) is 0 Å². The van der Waals surface area contributed by atoms with Crippen LogP contribution in [-0.2, 0) is 9.53 Å². The summed E-state index contributed by atoms with van der Waals surface area (Å²) in [5.41, 5.74) is 6.28. The van der Waals surface area contributed by atoms with Crippen LogP contribution in [0, 0.1) is 0 Å². The van der Waals surface area contributed by atoms with Gasteiger partial charge in [0.1, 0.15) is 6.61 Å². The van der Waals surface area contributed by atoms with Gasteiger partial charge in [0.25, 0.3) is 0 Å². The van der Waals surface area contributed by atoms with E-state index in [1.165, 1.54) is 4.90 Å². The van der Waals surface area contributed by atoms with Crippen LogP contribution >= 0.6 is 0 Å². The number of carbonyl (C=O) groups excluding carboxylic acids is 2. The van der Waals surface area contributed by atoms with Crippen molar-refractivity contribution in [3.63, 3.8) is 0 Å². The maximum atomic E-state index is 12.0. The molecule has 6 heteroatoms. The SMILES string of the molecule is CCC(C)(N)C(=O)Nc1cccc(N2CCOC2=O)c1. The maximum Gasteiger partial charge on any atom is 0.414 e. The van der Waals surface area contributed by atoms with Gasteiger partial charge in [-0.1, -0.05) is 13.0 Å². The zero-order valence-electron chi connectivity index (χ0n) is 11.7. The minimum absolute atomic E-state index is 0.249. The van der Waals surface area contributed by atoms with E-state index in [0.717, 1.165) is 0 Å². The first-order chi connectivity index (χ1) is 9.44. The van der Waals surface area contributed by atoms with Crippen LogP contribution in [0.2, 0.25) is 0 Å². The topological polar surface area (TPSA) is 84.7 Å². The summed E-state index contributed by atoms with van der Waals surface area (Å²) in [6.45, 7) is 4.44. The Morgan fingerprint density at radius 2 is 2.30 bits per heavy atom. The fourth-order valence-electron chi connectivity index (χ4n) is 1.81. The number of hydrogen-bond donors (Lipinski definition) is 2. The van der Waals surface area contributed by atoms with E-state index in [4.69, 9.17) is 10.5 Å². The van der Waals surface area contributed by atoms with Crippen molar-refractivity contribution in [1.82, 2.24) is 0 Å². The molecule has 20 heavy (non-hydrogen) atoms. The highest BCUT2D eigenvalue weighted by atomic mass is 16.6. The predicted molar refractivity (Wildman–Crippen MR) is 76.6 cm³/mol. The van der Waals surface area contributed by atoms with E-state index in [2.05, 4.69) is 5.32 Å². The predicted octanol–water partition coefficient (Wildman–Crippen LogP) is 1.71. The number of amides is 2. The largest absolute Gasteiger partial charge is 0.447 e. The van der Waals surface area contributed by atoms with Gasteiger partial charge in [0.2, 0.25) is 5.91 Å². The second-order valence-corrected chi connectivity index (χ2v) is 5.04.